The van der Waals surface area contributed by atoms with Crippen LogP contribution in [0, 0.1) is 16.0 Å². The predicted molar refractivity (Wildman–Crippen MR) is 162 cm³/mol. The first-order valence-corrected chi connectivity index (χ1v) is 14.7. The Morgan fingerprint density at radius 3 is 2.52 bits per heavy atom. The summed E-state index contributed by atoms with van der Waals surface area (Å²) in [5.74, 6) is -0.955. The molecule has 2 aromatic carbocycles. The van der Waals surface area contributed by atoms with Gasteiger partial charge in [0.05, 0.1) is 22.5 Å². The van der Waals surface area contributed by atoms with Crippen molar-refractivity contribution in [3.63, 3.8) is 0 Å². The van der Waals surface area contributed by atoms with E-state index in [-0.39, 0.29) is 47.0 Å². The van der Waals surface area contributed by atoms with E-state index in [4.69, 9.17) is 0 Å². The van der Waals surface area contributed by atoms with Crippen LogP contribution in [0.2, 0.25) is 0 Å². The highest BCUT2D eigenvalue weighted by Gasteiger charge is 2.41. The van der Waals surface area contributed by atoms with Crippen molar-refractivity contribution in [2.24, 2.45) is 13.0 Å². The molecule has 2 amide bonds. The minimum Gasteiger partial charge on any atom is -0.388 e. The number of benzene rings is 2. The van der Waals surface area contributed by atoms with Gasteiger partial charge in [0.25, 0.3) is 17.2 Å². The predicted octanol–water partition coefficient (Wildman–Crippen LogP) is 2.94. The second-order valence-corrected chi connectivity index (χ2v) is 11.9. The lowest BCUT2D eigenvalue weighted by molar-refractivity contribution is -0.384. The number of piperidine rings is 2. The number of nitro groups is 1. The van der Waals surface area contributed by atoms with Gasteiger partial charge in [-0.1, -0.05) is 36.4 Å². The minimum absolute atomic E-state index is 0.0205. The Kier molecular flexibility index (Phi) is 7.76. The minimum atomic E-state index is -1.16. The second-order valence-electron chi connectivity index (χ2n) is 11.9. The summed E-state index contributed by atoms with van der Waals surface area (Å²) in [6, 6.07) is 17.1. The van der Waals surface area contributed by atoms with Crippen LogP contribution in [0.5, 0.6) is 0 Å². The molecular weight excluding hydrogens is 564 g/mol. The lowest BCUT2D eigenvalue weighted by Crippen LogP contribution is -2.53. The molecule has 0 radical (unpaired) electrons. The molecule has 44 heavy (non-hydrogen) atoms. The van der Waals surface area contributed by atoms with Crippen LogP contribution in [0.1, 0.15) is 41.1 Å². The number of non-ortho nitro benzene ring substituents is 1. The quantitative estimate of drug-likeness (QED) is 0.265. The molecule has 2 atom stereocenters. The van der Waals surface area contributed by atoms with Gasteiger partial charge in [0.15, 0.2) is 0 Å². The molecule has 2 aliphatic heterocycles. The number of hydrogen-bond donors (Lipinski definition) is 1. The first-order valence-electron chi connectivity index (χ1n) is 14.7. The number of nitro benzene ring substituents is 1. The molecule has 12 heteroatoms. The van der Waals surface area contributed by atoms with Crippen molar-refractivity contribution in [1.29, 1.82) is 0 Å². The third-order valence-electron chi connectivity index (χ3n) is 9.07. The number of fused-ring (bicyclic) bond motifs is 1. The highest BCUT2D eigenvalue weighted by molar-refractivity contribution is 5.95. The van der Waals surface area contributed by atoms with Gasteiger partial charge in [-0.15, -0.1) is 0 Å². The van der Waals surface area contributed by atoms with Crippen LogP contribution < -0.4 is 5.56 Å². The fourth-order valence-corrected chi connectivity index (χ4v) is 6.55. The first kappa shape index (κ1) is 29.2. The molecule has 2 aliphatic rings. The normalized spacial score (nSPS) is 20.0. The van der Waals surface area contributed by atoms with Gasteiger partial charge in [-0.25, -0.2) is 4.98 Å². The summed E-state index contributed by atoms with van der Waals surface area (Å²) >= 11 is 0. The SMILES string of the molecule is Cn1ccc2c(=O)n(CC3(O)CCN(C(=O)[C@@H]4CCN(C(=O)c5cccc([N+](=O)[O-])c5)C[C@H]4c4ccccc4)CC3)cnc21. The van der Waals surface area contributed by atoms with Gasteiger partial charge in [-0.2, -0.15) is 0 Å². The molecule has 2 aromatic heterocycles. The van der Waals surface area contributed by atoms with Crippen molar-refractivity contribution in [3.05, 3.63) is 105 Å². The fourth-order valence-electron chi connectivity index (χ4n) is 6.55. The lowest BCUT2D eigenvalue weighted by atomic mass is 9.79. The lowest BCUT2D eigenvalue weighted by Gasteiger charge is -2.43. The van der Waals surface area contributed by atoms with Gasteiger partial charge in [-0.05, 0) is 37.0 Å². The van der Waals surface area contributed by atoms with Gasteiger partial charge >= 0.3 is 0 Å². The zero-order valence-electron chi connectivity index (χ0n) is 24.4. The van der Waals surface area contributed by atoms with Crippen molar-refractivity contribution in [3.8, 4) is 0 Å². The summed E-state index contributed by atoms with van der Waals surface area (Å²) in [5, 5.41) is 23.2. The summed E-state index contributed by atoms with van der Waals surface area (Å²) in [7, 11) is 1.82. The summed E-state index contributed by atoms with van der Waals surface area (Å²) in [5.41, 5.74) is 0.264. The molecule has 1 N–H and O–H groups in total. The average Bonchev–Trinajstić information content (AvgIpc) is 3.43. The Morgan fingerprint density at radius 1 is 1.05 bits per heavy atom. The summed E-state index contributed by atoms with van der Waals surface area (Å²) in [6.45, 7) is 1.43. The number of hydrogen-bond acceptors (Lipinski definition) is 7. The maximum atomic E-state index is 14.0. The molecule has 0 bridgehead atoms. The number of aryl methyl sites for hydroxylation is 1. The molecule has 0 saturated carbocycles. The smallest absolute Gasteiger partial charge is 0.270 e. The molecule has 0 spiro atoms. The molecule has 12 nitrogen and oxygen atoms in total. The van der Waals surface area contributed by atoms with Crippen LogP contribution in [0.15, 0.2) is 78.0 Å². The largest absolute Gasteiger partial charge is 0.388 e. The van der Waals surface area contributed by atoms with E-state index in [9.17, 15) is 29.6 Å². The Hall–Kier alpha value is -4.84. The number of rotatable bonds is 6. The van der Waals surface area contributed by atoms with Gasteiger partial charge in [0.1, 0.15) is 12.0 Å². The Morgan fingerprint density at radius 2 is 1.80 bits per heavy atom. The monoisotopic (exact) mass is 598 g/mol. The maximum absolute atomic E-state index is 14.0. The van der Waals surface area contributed by atoms with E-state index in [1.54, 1.807) is 32.7 Å². The number of amides is 2. The molecule has 4 aromatic rings. The van der Waals surface area contributed by atoms with Gasteiger partial charge < -0.3 is 19.5 Å². The first-order chi connectivity index (χ1) is 21.1. The number of carbonyl (C=O) groups excluding carboxylic acids is 2. The standard InChI is InChI=1S/C32H34N6O6/c1-34-14-10-26-28(34)33-21-37(31(26)41)20-32(42)12-16-35(17-13-32)30(40)25-11-15-36(19-27(25)22-6-3-2-4-7-22)29(39)23-8-5-9-24(18-23)38(43)44/h2-10,14,18,21,25,27,42H,11-13,15-17,19-20H2,1H3/t25-,27+/m1/s1. The number of likely N-dealkylation sites (tertiary alicyclic amines) is 2. The summed E-state index contributed by atoms with van der Waals surface area (Å²) < 4.78 is 3.22. The van der Waals surface area contributed by atoms with Gasteiger partial charge in [0, 0.05) is 69.0 Å². The number of carbonyl (C=O) groups is 2. The van der Waals surface area contributed by atoms with Crippen LogP contribution >= 0.6 is 0 Å². The van der Waals surface area contributed by atoms with E-state index in [0.29, 0.717) is 56.5 Å². The van der Waals surface area contributed by atoms with Crippen LogP contribution in [0.25, 0.3) is 11.0 Å². The molecular formula is C32H34N6O6. The molecule has 6 rings (SSSR count). The van der Waals surface area contributed by atoms with Crippen LogP contribution in [-0.2, 0) is 18.4 Å². The van der Waals surface area contributed by atoms with E-state index >= 15 is 0 Å². The molecule has 2 fully saturated rings. The van der Waals surface area contributed by atoms with Gasteiger partial charge in [0.2, 0.25) is 5.91 Å². The molecule has 228 valence electrons. The van der Waals surface area contributed by atoms with E-state index in [0.717, 1.165) is 5.56 Å². The van der Waals surface area contributed by atoms with Crippen molar-refractivity contribution in [2.45, 2.75) is 37.3 Å². The third-order valence-corrected chi connectivity index (χ3v) is 9.07. The Labute approximate surface area is 253 Å². The van der Waals surface area contributed by atoms with Gasteiger partial charge in [-0.3, -0.25) is 29.1 Å². The van der Waals surface area contributed by atoms with Crippen molar-refractivity contribution in [1.82, 2.24) is 23.9 Å². The number of aliphatic hydroxyl groups is 1. The summed E-state index contributed by atoms with van der Waals surface area (Å²) in [4.78, 5) is 58.9. The topological polar surface area (TPSA) is 144 Å². The van der Waals surface area contributed by atoms with Crippen LogP contribution in [0.3, 0.4) is 0 Å². The van der Waals surface area contributed by atoms with E-state index in [1.807, 2.05) is 37.4 Å². The zero-order valence-corrected chi connectivity index (χ0v) is 24.4. The van der Waals surface area contributed by atoms with E-state index in [1.165, 1.54) is 29.1 Å². The molecule has 2 saturated heterocycles. The summed E-state index contributed by atoms with van der Waals surface area (Å²) in [6.07, 6.45) is 4.32. The van der Waals surface area contributed by atoms with Crippen molar-refractivity contribution >= 4 is 28.5 Å². The number of aromatic nitrogens is 3. The highest BCUT2D eigenvalue weighted by atomic mass is 16.6. The second kappa shape index (κ2) is 11.7. The third kappa shape index (κ3) is 5.60. The van der Waals surface area contributed by atoms with Crippen molar-refractivity contribution in [2.75, 3.05) is 26.2 Å². The number of nitrogens with zero attached hydrogens (tertiary/aromatic N) is 6. The van der Waals surface area contributed by atoms with Crippen molar-refractivity contribution < 1.29 is 19.6 Å². The Balaban J connectivity index is 1.16. The maximum Gasteiger partial charge on any atom is 0.270 e. The molecule has 4 heterocycles. The van der Waals surface area contributed by atoms with E-state index in [2.05, 4.69) is 4.98 Å². The zero-order chi connectivity index (χ0) is 31.0. The average molecular weight is 599 g/mol. The molecule has 0 unspecified atom stereocenters. The fraction of sp³-hybridized carbons (Fsp3) is 0.375. The van der Waals surface area contributed by atoms with Crippen LogP contribution in [0.4, 0.5) is 5.69 Å². The van der Waals surface area contributed by atoms with Crippen LogP contribution in [-0.4, -0.2) is 77.5 Å². The molecule has 0 aliphatic carbocycles. The highest BCUT2D eigenvalue weighted by Crippen LogP contribution is 2.36. The van der Waals surface area contributed by atoms with E-state index < -0.39 is 10.5 Å². The Bertz CT molecular complexity index is 1770.